The van der Waals surface area contributed by atoms with Crippen molar-refractivity contribution in [3.63, 3.8) is 0 Å². The minimum Gasteiger partial charge on any atom is -0.508 e. The van der Waals surface area contributed by atoms with Crippen LogP contribution < -0.4 is 5.73 Å². The standard InChI is InChI=1S/C13H16N2O2/c14-12-5-4-11(16)9-10(12)3-6-13(17)15-7-1-2-8-15/h3-6,9,16H,1-2,7-8,14H2. The fraction of sp³-hybridized carbons (Fsp3) is 0.308. The van der Waals surface area contributed by atoms with E-state index < -0.39 is 0 Å². The first kappa shape index (κ1) is 11.5. The van der Waals surface area contributed by atoms with E-state index in [0.29, 0.717) is 11.3 Å². The normalized spacial score (nSPS) is 15.6. The third kappa shape index (κ3) is 2.78. The first-order valence-corrected chi connectivity index (χ1v) is 5.72. The fourth-order valence-electron chi connectivity index (χ4n) is 1.91. The van der Waals surface area contributed by atoms with Gasteiger partial charge < -0.3 is 15.7 Å². The number of rotatable bonds is 2. The highest BCUT2D eigenvalue weighted by Gasteiger charge is 2.15. The van der Waals surface area contributed by atoms with Crippen molar-refractivity contribution < 1.29 is 9.90 Å². The summed E-state index contributed by atoms with van der Waals surface area (Å²) in [7, 11) is 0. The first-order chi connectivity index (χ1) is 8.16. The number of hydrogen-bond acceptors (Lipinski definition) is 3. The predicted molar refractivity (Wildman–Crippen MR) is 67.4 cm³/mol. The number of anilines is 1. The molecule has 1 aliphatic rings. The monoisotopic (exact) mass is 232 g/mol. The summed E-state index contributed by atoms with van der Waals surface area (Å²) in [5, 5.41) is 9.33. The number of nitrogen functional groups attached to an aromatic ring is 1. The van der Waals surface area contributed by atoms with E-state index in [1.165, 1.54) is 12.1 Å². The lowest BCUT2D eigenvalue weighted by atomic mass is 10.1. The van der Waals surface area contributed by atoms with Gasteiger partial charge in [-0.05, 0) is 37.1 Å². The number of phenolic OH excluding ortho intramolecular Hbond substituents is 1. The molecule has 0 bridgehead atoms. The molecular formula is C13H16N2O2. The second-order valence-electron chi connectivity index (χ2n) is 4.18. The number of carbonyl (C=O) groups is 1. The summed E-state index contributed by atoms with van der Waals surface area (Å²) in [6.07, 6.45) is 5.31. The Hall–Kier alpha value is -1.97. The van der Waals surface area contributed by atoms with Crippen LogP contribution in [0.2, 0.25) is 0 Å². The number of amides is 1. The molecule has 1 aliphatic heterocycles. The number of phenols is 1. The Morgan fingerprint density at radius 1 is 1.35 bits per heavy atom. The minimum atomic E-state index is 0.00485. The van der Waals surface area contributed by atoms with Gasteiger partial charge in [0.25, 0.3) is 0 Å². The number of hydrogen-bond donors (Lipinski definition) is 2. The van der Waals surface area contributed by atoms with Gasteiger partial charge in [-0.1, -0.05) is 0 Å². The van der Waals surface area contributed by atoms with Crippen LogP contribution in [0.3, 0.4) is 0 Å². The highest BCUT2D eigenvalue weighted by molar-refractivity contribution is 5.92. The van der Waals surface area contributed by atoms with E-state index in [1.54, 1.807) is 18.2 Å². The lowest BCUT2D eigenvalue weighted by Gasteiger charge is -2.11. The van der Waals surface area contributed by atoms with Crippen molar-refractivity contribution in [3.8, 4) is 5.75 Å². The van der Waals surface area contributed by atoms with Gasteiger partial charge in [0.05, 0.1) is 0 Å². The molecule has 1 amide bonds. The number of aromatic hydroxyl groups is 1. The molecule has 17 heavy (non-hydrogen) atoms. The predicted octanol–water partition coefficient (Wildman–Crippen LogP) is 1.61. The maximum atomic E-state index is 11.8. The van der Waals surface area contributed by atoms with Crippen LogP contribution in [0.5, 0.6) is 5.75 Å². The second kappa shape index (κ2) is 4.91. The topological polar surface area (TPSA) is 66.6 Å². The third-order valence-corrected chi connectivity index (χ3v) is 2.89. The number of carbonyl (C=O) groups excluding carboxylic acids is 1. The molecule has 0 radical (unpaired) electrons. The minimum absolute atomic E-state index is 0.00485. The Morgan fingerprint density at radius 2 is 2.06 bits per heavy atom. The molecule has 0 spiro atoms. The molecule has 0 aliphatic carbocycles. The number of benzene rings is 1. The molecule has 0 aromatic heterocycles. The van der Waals surface area contributed by atoms with Crippen LogP contribution in [0.25, 0.3) is 6.08 Å². The summed E-state index contributed by atoms with van der Waals surface area (Å²) < 4.78 is 0. The smallest absolute Gasteiger partial charge is 0.246 e. The summed E-state index contributed by atoms with van der Waals surface area (Å²) in [4.78, 5) is 13.6. The Balaban J connectivity index is 2.08. The van der Waals surface area contributed by atoms with Crippen LogP contribution in [0.4, 0.5) is 5.69 Å². The molecule has 1 heterocycles. The zero-order valence-electron chi connectivity index (χ0n) is 9.60. The van der Waals surface area contributed by atoms with E-state index in [0.717, 1.165) is 25.9 Å². The maximum absolute atomic E-state index is 11.8. The van der Waals surface area contributed by atoms with Crippen LogP contribution in [0, 0.1) is 0 Å². The van der Waals surface area contributed by atoms with E-state index in [2.05, 4.69) is 0 Å². The van der Waals surface area contributed by atoms with Crippen molar-refractivity contribution in [2.45, 2.75) is 12.8 Å². The van der Waals surface area contributed by atoms with Crippen LogP contribution >= 0.6 is 0 Å². The van der Waals surface area contributed by atoms with Crippen molar-refractivity contribution in [3.05, 3.63) is 29.8 Å². The van der Waals surface area contributed by atoms with E-state index in [-0.39, 0.29) is 11.7 Å². The molecule has 1 fully saturated rings. The van der Waals surface area contributed by atoms with Gasteiger partial charge in [0.2, 0.25) is 5.91 Å². The van der Waals surface area contributed by atoms with Gasteiger partial charge in [0.15, 0.2) is 0 Å². The molecule has 1 aromatic carbocycles. The molecule has 2 rings (SSSR count). The molecular weight excluding hydrogens is 216 g/mol. The second-order valence-corrected chi connectivity index (χ2v) is 4.18. The third-order valence-electron chi connectivity index (χ3n) is 2.89. The highest BCUT2D eigenvalue weighted by Crippen LogP contribution is 2.20. The zero-order valence-corrected chi connectivity index (χ0v) is 9.60. The SMILES string of the molecule is Nc1ccc(O)cc1C=CC(=O)N1CCCC1. The Morgan fingerprint density at radius 3 is 2.76 bits per heavy atom. The number of nitrogens with zero attached hydrogens (tertiary/aromatic N) is 1. The average molecular weight is 232 g/mol. The quantitative estimate of drug-likeness (QED) is 0.462. The summed E-state index contributed by atoms with van der Waals surface area (Å²) in [6.45, 7) is 1.66. The Kier molecular flexibility index (Phi) is 3.32. The summed E-state index contributed by atoms with van der Waals surface area (Å²) in [6, 6.07) is 4.69. The molecule has 0 unspecified atom stereocenters. The first-order valence-electron chi connectivity index (χ1n) is 5.72. The van der Waals surface area contributed by atoms with Crippen LogP contribution in [0.1, 0.15) is 18.4 Å². The molecule has 1 aromatic rings. The van der Waals surface area contributed by atoms with Gasteiger partial charge in [-0.15, -0.1) is 0 Å². The zero-order chi connectivity index (χ0) is 12.3. The van der Waals surface area contributed by atoms with Gasteiger partial charge in [0.1, 0.15) is 5.75 Å². The van der Waals surface area contributed by atoms with Crippen molar-refractivity contribution in [1.82, 2.24) is 4.90 Å². The molecule has 4 heteroatoms. The fourth-order valence-corrected chi connectivity index (χ4v) is 1.91. The number of likely N-dealkylation sites (tertiary alicyclic amines) is 1. The highest BCUT2D eigenvalue weighted by atomic mass is 16.3. The summed E-state index contributed by atoms with van der Waals surface area (Å²) >= 11 is 0. The van der Waals surface area contributed by atoms with Gasteiger partial charge in [-0.2, -0.15) is 0 Å². The van der Waals surface area contributed by atoms with Gasteiger partial charge in [0, 0.05) is 30.4 Å². The summed E-state index contributed by atoms with van der Waals surface area (Å²) in [5.41, 5.74) is 6.96. The lowest BCUT2D eigenvalue weighted by Crippen LogP contribution is -2.25. The molecule has 4 nitrogen and oxygen atoms in total. The molecule has 0 saturated carbocycles. The van der Waals surface area contributed by atoms with Gasteiger partial charge >= 0.3 is 0 Å². The van der Waals surface area contributed by atoms with E-state index in [1.807, 2.05) is 4.90 Å². The van der Waals surface area contributed by atoms with E-state index in [4.69, 9.17) is 5.73 Å². The van der Waals surface area contributed by atoms with E-state index >= 15 is 0 Å². The van der Waals surface area contributed by atoms with Crippen LogP contribution in [-0.2, 0) is 4.79 Å². The molecule has 90 valence electrons. The Bertz CT molecular complexity index is 449. The van der Waals surface area contributed by atoms with Crippen molar-refractivity contribution in [2.75, 3.05) is 18.8 Å². The molecule has 3 N–H and O–H groups in total. The van der Waals surface area contributed by atoms with Crippen LogP contribution in [0.15, 0.2) is 24.3 Å². The number of nitrogens with two attached hydrogens (primary N) is 1. The van der Waals surface area contributed by atoms with Crippen molar-refractivity contribution in [2.24, 2.45) is 0 Å². The summed E-state index contributed by atoms with van der Waals surface area (Å²) in [5.74, 6) is 0.151. The Labute approximate surface area is 100 Å². The van der Waals surface area contributed by atoms with E-state index in [9.17, 15) is 9.90 Å². The molecule has 1 saturated heterocycles. The largest absolute Gasteiger partial charge is 0.508 e. The van der Waals surface area contributed by atoms with Crippen LogP contribution in [-0.4, -0.2) is 29.0 Å². The van der Waals surface area contributed by atoms with Gasteiger partial charge in [-0.3, -0.25) is 4.79 Å². The lowest BCUT2D eigenvalue weighted by molar-refractivity contribution is -0.124. The van der Waals surface area contributed by atoms with Crippen molar-refractivity contribution >= 4 is 17.7 Å². The van der Waals surface area contributed by atoms with Crippen molar-refractivity contribution in [1.29, 1.82) is 0 Å². The molecule has 0 atom stereocenters. The average Bonchev–Trinajstić information content (AvgIpc) is 2.83. The maximum Gasteiger partial charge on any atom is 0.246 e. The van der Waals surface area contributed by atoms with Gasteiger partial charge in [-0.25, -0.2) is 0 Å².